The third-order valence-corrected chi connectivity index (χ3v) is 7.40. The van der Waals surface area contributed by atoms with Crippen LogP contribution in [0.25, 0.3) is 11.6 Å². The van der Waals surface area contributed by atoms with Crippen LogP contribution in [0, 0.1) is 6.92 Å². The van der Waals surface area contributed by atoms with Crippen molar-refractivity contribution in [1.82, 2.24) is 15.2 Å². The lowest BCUT2D eigenvalue weighted by atomic mass is 9.94. The van der Waals surface area contributed by atoms with Crippen LogP contribution in [0.2, 0.25) is 0 Å². The van der Waals surface area contributed by atoms with Crippen molar-refractivity contribution in [2.75, 3.05) is 11.1 Å². The molecule has 8 nitrogen and oxygen atoms in total. The minimum Gasteiger partial charge on any atom is -0.444 e. The molecule has 0 fully saturated rings. The van der Waals surface area contributed by atoms with Crippen molar-refractivity contribution in [2.24, 2.45) is 0 Å². The van der Waals surface area contributed by atoms with Crippen molar-refractivity contribution < 1.29 is 31.9 Å². The number of hydrogen-bond acceptors (Lipinski definition) is 8. The van der Waals surface area contributed by atoms with Gasteiger partial charge in [-0.25, -0.2) is 9.78 Å². The molecular formula is C28H33F3N4O4S. The van der Waals surface area contributed by atoms with E-state index in [2.05, 4.69) is 20.5 Å². The standard InChI is InChI=1S/C28H33F3N4O4S/c1-18-16-20(32-25(36)39-26(2,3)4)21-22-34-35-24(38-22)27(28(29,30)31,37-17-19-12-8-7-9-13-19)14-10-5-6-11-15-40-23(18)33-21/h7-9,12-13,16H,5-6,10-11,14-15,17H2,1-4H3,(H,32,36)/t27-/m1/s1. The Morgan fingerprint density at radius 1 is 1.10 bits per heavy atom. The molecular weight excluding hydrogens is 545 g/mol. The van der Waals surface area contributed by atoms with Crippen LogP contribution in [0.1, 0.15) is 69.9 Å². The predicted octanol–water partition coefficient (Wildman–Crippen LogP) is 7.82. The van der Waals surface area contributed by atoms with Crippen molar-refractivity contribution in [3.63, 3.8) is 0 Å². The van der Waals surface area contributed by atoms with Crippen LogP contribution in [0.4, 0.5) is 23.7 Å². The molecule has 0 unspecified atom stereocenters. The van der Waals surface area contributed by atoms with E-state index in [9.17, 15) is 18.0 Å². The molecule has 0 radical (unpaired) electrons. The smallest absolute Gasteiger partial charge is 0.426 e. The van der Waals surface area contributed by atoms with Gasteiger partial charge in [0, 0.05) is 0 Å². The van der Waals surface area contributed by atoms with E-state index in [1.54, 1.807) is 57.2 Å². The molecule has 0 spiro atoms. The maximum absolute atomic E-state index is 14.9. The fourth-order valence-corrected chi connectivity index (χ4v) is 5.25. The first-order chi connectivity index (χ1) is 18.9. The van der Waals surface area contributed by atoms with Gasteiger partial charge in [0.2, 0.25) is 5.60 Å². The number of halogens is 3. The van der Waals surface area contributed by atoms with Crippen molar-refractivity contribution in [1.29, 1.82) is 0 Å². The number of pyridine rings is 1. The second-order valence-corrected chi connectivity index (χ2v) is 11.7. The van der Waals surface area contributed by atoms with Gasteiger partial charge in [0.1, 0.15) is 5.60 Å². The number of nitrogens with one attached hydrogen (secondary N) is 1. The van der Waals surface area contributed by atoms with Gasteiger partial charge in [0.25, 0.3) is 11.8 Å². The lowest BCUT2D eigenvalue weighted by Gasteiger charge is -2.32. The maximum Gasteiger partial charge on any atom is 0.426 e. The quantitative estimate of drug-likeness (QED) is 0.335. The van der Waals surface area contributed by atoms with Crippen LogP contribution >= 0.6 is 11.8 Å². The molecule has 216 valence electrons. The van der Waals surface area contributed by atoms with Crippen molar-refractivity contribution in [2.45, 2.75) is 88.8 Å². The topological polar surface area (TPSA) is 99.4 Å². The zero-order valence-corrected chi connectivity index (χ0v) is 23.7. The van der Waals surface area contributed by atoms with E-state index in [1.165, 1.54) is 11.8 Å². The third kappa shape index (κ3) is 7.14. The number of benzene rings is 1. The van der Waals surface area contributed by atoms with Gasteiger partial charge in [-0.15, -0.1) is 22.0 Å². The highest BCUT2D eigenvalue weighted by Gasteiger charge is 2.61. The molecule has 1 aliphatic rings. The van der Waals surface area contributed by atoms with E-state index in [-0.39, 0.29) is 36.7 Å². The molecule has 2 aromatic heterocycles. The number of alkyl halides is 3. The normalized spacial score (nSPS) is 18.6. The highest BCUT2D eigenvalue weighted by molar-refractivity contribution is 7.99. The Bertz CT molecular complexity index is 1310. The highest BCUT2D eigenvalue weighted by atomic mass is 32.2. The van der Waals surface area contributed by atoms with Crippen LogP contribution in [0.3, 0.4) is 0 Å². The summed E-state index contributed by atoms with van der Waals surface area (Å²) in [5.74, 6) is -0.240. The van der Waals surface area contributed by atoms with Crippen molar-refractivity contribution >= 4 is 23.5 Å². The molecule has 1 amide bonds. The summed E-state index contributed by atoms with van der Waals surface area (Å²) in [5, 5.41) is 11.1. The third-order valence-electron chi connectivity index (χ3n) is 6.22. The number of ether oxygens (including phenoxy) is 2. The van der Waals surface area contributed by atoms with Crippen LogP contribution in [0.5, 0.6) is 0 Å². The highest BCUT2D eigenvalue weighted by Crippen LogP contribution is 2.47. The zero-order valence-electron chi connectivity index (χ0n) is 22.9. The summed E-state index contributed by atoms with van der Waals surface area (Å²) in [6.45, 7) is 6.70. The van der Waals surface area contributed by atoms with Crippen molar-refractivity contribution in [3.05, 3.63) is 53.4 Å². The Kier molecular flexibility index (Phi) is 9.09. The Balaban J connectivity index is 1.79. The first-order valence-electron chi connectivity index (χ1n) is 13.1. The fourth-order valence-electron chi connectivity index (χ4n) is 4.26. The van der Waals surface area contributed by atoms with E-state index in [0.29, 0.717) is 17.0 Å². The number of carbonyl (C=O) groups is 1. The predicted molar refractivity (Wildman–Crippen MR) is 145 cm³/mol. The molecule has 40 heavy (non-hydrogen) atoms. The van der Waals surface area contributed by atoms with E-state index >= 15 is 0 Å². The van der Waals surface area contributed by atoms with E-state index in [0.717, 1.165) is 24.2 Å². The van der Waals surface area contributed by atoms with Gasteiger partial charge in [0.05, 0.1) is 17.3 Å². The summed E-state index contributed by atoms with van der Waals surface area (Å²) in [6, 6.07) is 10.3. The SMILES string of the molecule is Cc1cc(NC(=O)OC(C)(C)C)c2nc1SCCCCCC[C@](OCc1ccccc1)(C(F)(F)F)c1nnc-2o1. The van der Waals surface area contributed by atoms with Gasteiger partial charge in [-0.2, -0.15) is 13.2 Å². The molecule has 1 aromatic carbocycles. The molecule has 3 heterocycles. The monoisotopic (exact) mass is 578 g/mol. The second-order valence-electron chi connectivity index (χ2n) is 10.7. The molecule has 3 aromatic rings. The molecule has 4 rings (SSSR count). The number of aryl methyl sites for hydroxylation is 1. The fraction of sp³-hybridized carbons (Fsp3) is 0.500. The number of fused-ring (bicyclic) bond motifs is 5. The molecule has 4 bridgehead atoms. The summed E-state index contributed by atoms with van der Waals surface area (Å²) in [4.78, 5) is 17.2. The number of rotatable bonds is 4. The summed E-state index contributed by atoms with van der Waals surface area (Å²) >= 11 is 1.53. The Morgan fingerprint density at radius 3 is 2.52 bits per heavy atom. The number of thioether (sulfide) groups is 1. The lowest BCUT2D eigenvalue weighted by Crippen LogP contribution is -2.45. The molecule has 0 saturated heterocycles. The largest absolute Gasteiger partial charge is 0.444 e. The molecule has 12 heteroatoms. The lowest BCUT2D eigenvalue weighted by molar-refractivity contribution is -0.300. The Labute approximate surface area is 235 Å². The van der Waals surface area contributed by atoms with Crippen LogP contribution in [0.15, 0.2) is 45.8 Å². The summed E-state index contributed by atoms with van der Waals surface area (Å²) in [5.41, 5.74) is -2.00. The number of nitrogens with zero attached hydrogens (tertiary/aromatic N) is 3. The molecule has 0 aliphatic carbocycles. The van der Waals surface area contributed by atoms with Gasteiger partial charge in [-0.1, -0.05) is 43.2 Å². The number of anilines is 1. The van der Waals surface area contributed by atoms with Crippen LogP contribution < -0.4 is 5.32 Å². The van der Waals surface area contributed by atoms with Gasteiger partial charge < -0.3 is 13.9 Å². The van der Waals surface area contributed by atoms with Gasteiger partial charge in [-0.05, 0) is 69.9 Å². The summed E-state index contributed by atoms with van der Waals surface area (Å²) in [7, 11) is 0. The minimum absolute atomic E-state index is 0.0499. The molecule has 1 N–H and O–H groups in total. The Morgan fingerprint density at radius 2 is 1.82 bits per heavy atom. The maximum atomic E-state index is 14.9. The van der Waals surface area contributed by atoms with Gasteiger partial charge >= 0.3 is 12.3 Å². The van der Waals surface area contributed by atoms with Crippen LogP contribution in [-0.4, -0.2) is 38.8 Å². The number of aromatic nitrogens is 3. The second kappa shape index (κ2) is 12.2. The molecule has 1 atom stereocenters. The first-order valence-corrected chi connectivity index (χ1v) is 14.1. The molecule has 1 aliphatic heterocycles. The number of carbonyl (C=O) groups excluding carboxylic acids is 1. The van der Waals surface area contributed by atoms with Gasteiger partial charge in [0.15, 0.2) is 5.69 Å². The number of hydrogen-bond donors (Lipinski definition) is 1. The van der Waals surface area contributed by atoms with Gasteiger partial charge in [-0.3, -0.25) is 5.32 Å². The average Bonchev–Trinajstić information content (AvgIpc) is 3.35. The zero-order chi connectivity index (χ0) is 29.0. The average molecular weight is 579 g/mol. The van der Waals surface area contributed by atoms with E-state index < -0.39 is 29.4 Å². The van der Waals surface area contributed by atoms with Crippen LogP contribution in [-0.2, 0) is 21.7 Å². The Hall–Kier alpha value is -3.12. The summed E-state index contributed by atoms with van der Waals surface area (Å²) in [6.07, 6.45) is -3.58. The summed E-state index contributed by atoms with van der Waals surface area (Å²) < 4.78 is 61.4. The van der Waals surface area contributed by atoms with E-state index in [1.807, 2.05) is 6.92 Å². The first kappa shape index (κ1) is 29.9. The van der Waals surface area contributed by atoms with E-state index in [4.69, 9.17) is 13.9 Å². The number of amides is 1. The minimum atomic E-state index is -4.85. The van der Waals surface area contributed by atoms with Crippen molar-refractivity contribution in [3.8, 4) is 11.6 Å². The molecule has 0 saturated carbocycles.